The molecule has 0 aliphatic carbocycles. The number of amides is 1. The lowest BCUT2D eigenvalue weighted by Gasteiger charge is -2.32. The van der Waals surface area contributed by atoms with Crippen LogP contribution < -0.4 is 5.73 Å². The number of nitro groups is 1. The average Bonchev–Trinajstić information content (AvgIpc) is 2.46. The summed E-state index contributed by atoms with van der Waals surface area (Å²) in [5.41, 5.74) is 5.44. The van der Waals surface area contributed by atoms with E-state index in [0.29, 0.717) is 26.2 Å². The minimum atomic E-state index is -0.548. The number of nitro benzene ring substituents is 1. The van der Waals surface area contributed by atoms with Crippen LogP contribution in [0.4, 0.5) is 5.69 Å². The maximum Gasteiger partial charge on any atom is 0.282 e. The molecule has 1 fully saturated rings. The van der Waals surface area contributed by atoms with Gasteiger partial charge in [0, 0.05) is 25.7 Å². The molecule has 1 amide bonds. The number of rotatable bonds is 3. The van der Waals surface area contributed by atoms with E-state index in [0.717, 1.165) is 0 Å². The summed E-state index contributed by atoms with van der Waals surface area (Å²) in [5, 5.41) is 10.9. The Kier molecular flexibility index (Phi) is 5.87. The van der Waals surface area contributed by atoms with E-state index >= 15 is 0 Å². The van der Waals surface area contributed by atoms with Crippen LogP contribution in [-0.2, 0) is 4.74 Å². The number of hydrogen-bond acceptors (Lipinski definition) is 5. The fourth-order valence-corrected chi connectivity index (χ4v) is 2.03. The fraction of sp³-hybridized carbons (Fsp3) is 0.417. The van der Waals surface area contributed by atoms with Gasteiger partial charge in [0.25, 0.3) is 11.6 Å². The molecular weight excluding hydrogens is 286 g/mol. The Balaban J connectivity index is 0.00000200. The van der Waals surface area contributed by atoms with Crippen LogP contribution in [0.5, 0.6) is 0 Å². The van der Waals surface area contributed by atoms with Crippen LogP contribution in [0.25, 0.3) is 0 Å². The molecule has 1 unspecified atom stereocenters. The number of halogens is 1. The zero-order valence-electron chi connectivity index (χ0n) is 10.7. The highest BCUT2D eigenvalue weighted by Crippen LogP contribution is 2.20. The third-order valence-electron chi connectivity index (χ3n) is 3.02. The molecule has 1 aromatic carbocycles. The first kappa shape index (κ1) is 16.4. The summed E-state index contributed by atoms with van der Waals surface area (Å²) in [6.07, 6.45) is -0.208. The van der Waals surface area contributed by atoms with Crippen LogP contribution in [0.2, 0.25) is 0 Å². The molecule has 1 heterocycles. The smallest absolute Gasteiger partial charge is 0.282 e. The predicted octanol–water partition coefficient (Wildman–Crippen LogP) is 0.816. The van der Waals surface area contributed by atoms with Gasteiger partial charge in [-0.25, -0.2) is 0 Å². The number of nitrogens with zero attached hydrogens (tertiary/aromatic N) is 2. The summed E-state index contributed by atoms with van der Waals surface area (Å²) >= 11 is 0. The van der Waals surface area contributed by atoms with Crippen molar-refractivity contribution >= 4 is 24.0 Å². The fourth-order valence-electron chi connectivity index (χ4n) is 2.03. The highest BCUT2D eigenvalue weighted by molar-refractivity contribution is 5.98. The second-order valence-electron chi connectivity index (χ2n) is 4.25. The Bertz CT molecular complexity index is 497. The van der Waals surface area contributed by atoms with E-state index in [-0.39, 0.29) is 35.7 Å². The second-order valence-corrected chi connectivity index (χ2v) is 4.25. The third kappa shape index (κ3) is 3.44. The standard InChI is InChI=1S/C12H15N3O4.ClH/c13-7-9-8-14(5-6-19-9)12(16)10-3-1-2-4-11(10)15(17)18;/h1-4,9H,5-8,13H2;1H. The molecule has 1 aromatic rings. The van der Waals surface area contributed by atoms with Crippen LogP contribution in [-0.4, -0.2) is 48.1 Å². The first-order valence-electron chi connectivity index (χ1n) is 5.98. The molecule has 2 rings (SSSR count). The molecule has 0 radical (unpaired) electrons. The van der Waals surface area contributed by atoms with Gasteiger partial charge in [-0.2, -0.15) is 0 Å². The maximum atomic E-state index is 12.3. The van der Waals surface area contributed by atoms with E-state index in [2.05, 4.69) is 0 Å². The Hall–Kier alpha value is -1.70. The van der Waals surface area contributed by atoms with Crippen LogP contribution in [0, 0.1) is 10.1 Å². The van der Waals surface area contributed by atoms with Gasteiger partial charge in [-0.15, -0.1) is 12.4 Å². The summed E-state index contributed by atoms with van der Waals surface area (Å²) in [7, 11) is 0. The minimum absolute atomic E-state index is 0. The van der Waals surface area contributed by atoms with E-state index in [4.69, 9.17) is 10.5 Å². The first-order valence-corrected chi connectivity index (χ1v) is 5.98. The Morgan fingerprint density at radius 2 is 2.20 bits per heavy atom. The monoisotopic (exact) mass is 301 g/mol. The summed E-state index contributed by atoms with van der Waals surface area (Å²) in [5.74, 6) is -0.353. The molecule has 0 aromatic heterocycles. The third-order valence-corrected chi connectivity index (χ3v) is 3.02. The number of benzene rings is 1. The lowest BCUT2D eigenvalue weighted by Crippen LogP contribution is -2.48. The van der Waals surface area contributed by atoms with E-state index < -0.39 is 4.92 Å². The molecule has 110 valence electrons. The lowest BCUT2D eigenvalue weighted by atomic mass is 10.1. The quantitative estimate of drug-likeness (QED) is 0.658. The Labute approximate surface area is 122 Å². The van der Waals surface area contributed by atoms with Crippen LogP contribution >= 0.6 is 12.4 Å². The van der Waals surface area contributed by atoms with Crippen molar-refractivity contribution in [1.29, 1.82) is 0 Å². The molecule has 1 saturated heterocycles. The van der Waals surface area contributed by atoms with Crippen LogP contribution in [0.1, 0.15) is 10.4 Å². The molecule has 1 atom stereocenters. The zero-order valence-corrected chi connectivity index (χ0v) is 11.5. The van der Waals surface area contributed by atoms with Crippen molar-refractivity contribution < 1.29 is 14.5 Å². The van der Waals surface area contributed by atoms with Gasteiger partial charge < -0.3 is 15.4 Å². The number of nitrogens with two attached hydrogens (primary N) is 1. The summed E-state index contributed by atoms with van der Waals surface area (Å²) in [4.78, 5) is 24.2. The number of hydrogen-bond donors (Lipinski definition) is 1. The topological polar surface area (TPSA) is 98.7 Å². The van der Waals surface area contributed by atoms with Gasteiger partial charge in [0.2, 0.25) is 0 Å². The lowest BCUT2D eigenvalue weighted by molar-refractivity contribution is -0.385. The number of morpholine rings is 1. The van der Waals surface area contributed by atoms with Gasteiger partial charge >= 0.3 is 0 Å². The van der Waals surface area contributed by atoms with Gasteiger partial charge in [-0.3, -0.25) is 14.9 Å². The van der Waals surface area contributed by atoms with Gasteiger partial charge in [-0.05, 0) is 6.07 Å². The number of carbonyl (C=O) groups excluding carboxylic acids is 1. The van der Waals surface area contributed by atoms with Crippen molar-refractivity contribution in [2.75, 3.05) is 26.2 Å². The van der Waals surface area contributed by atoms with Gasteiger partial charge in [-0.1, -0.05) is 12.1 Å². The number of carbonyl (C=O) groups is 1. The van der Waals surface area contributed by atoms with E-state index in [1.807, 2.05) is 0 Å². The van der Waals surface area contributed by atoms with Crippen molar-refractivity contribution in [3.05, 3.63) is 39.9 Å². The molecular formula is C12H16ClN3O4. The van der Waals surface area contributed by atoms with E-state index in [1.54, 1.807) is 11.0 Å². The minimum Gasteiger partial charge on any atom is -0.373 e. The molecule has 0 spiro atoms. The van der Waals surface area contributed by atoms with Crippen LogP contribution in [0.3, 0.4) is 0 Å². The van der Waals surface area contributed by atoms with E-state index in [1.165, 1.54) is 18.2 Å². The summed E-state index contributed by atoms with van der Waals surface area (Å²) in [6, 6.07) is 5.94. The van der Waals surface area contributed by atoms with Gasteiger partial charge in [0.1, 0.15) is 5.56 Å². The molecule has 20 heavy (non-hydrogen) atoms. The first-order chi connectivity index (χ1) is 9.13. The van der Waals surface area contributed by atoms with Gasteiger partial charge in [0.15, 0.2) is 0 Å². The molecule has 0 bridgehead atoms. The van der Waals surface area contributed by atoms with Crippen molar-refractivity contribution in [2.45, 2.75) is 6.10 Å². The average molecular weight is 302 g/mol. The van der Waals surface area contributed by atoms with E-state index in [9.17, 15) is 14.9 Å². The van der Waals surface area contributed by atoms with Crippen LogP contribution in [0.15, 0.2) is 24.3 Å². The zero-order chi connectivity index (χ0) is 13.8. The maximum absolute atomic E-state index is 12.3. The van der Waals surface area contributed by atoms with Gasteiger partial charge in [0.05, 0.1) is 17.6 Å². The SMILES string of the molecule is Cl.NCC1CN(C(=O)c2ccccc2[N+](=O)[O-])CCO1. The van der Waals surface area contributed by atoms with Crippen molar-refractivity contribution in [2.24, 2.45) is 5.73 Å². The Morgan fingerprint density at radius 3 is 2.85 bits per heavy atom. The van der Waals surface area contributed by atoms with Crippen molar-refractivity contribution in [3.8, 4) is 0 Å². The number of ether oxygens (including phenoxy) is 1. The second kappa shape index (κ2) is 7.18. The molecule has 2 N–H and O–H groups in total. The largest absolute Gasteiger partial charge is 0.373 e. The number of para-hydroxylation sites is 1. The predicted molar refractivity (Wildman–Crippen MR) is 75.0 cm³/mol. The highest BCUT2D eigenvalue weighted by atomic mass is 35.5. The Morgan fingerprint density at radius 1 is 1.50 bits per heavy atom. The van der Waals surface area contributed by atoms with Crippen molar-refractivity contribution in [3.63, 3.8) is 0 Å². The summed E-state index contributed by atoms with van der Waals surface area (Å²) < 4.78 is 5.37. The summed E-state index contributed by atoms with van der Waals surface area (Å²) in [6.45, 7) is 1.50. The molecule has 1 aliphatic rings. The molecule has 8 heteroatoms. The van der Waals surface area contributed by atoms with Crippen molar-refractivity contribution in [1.82, 2.24) is 4.90 Å². The highest BCUT2D eigenvalue weighted by Gasteiger charge is 2.28. The molecule has 0 saturated carbocycles. The molecule has 1 aliphatic heterocycles. The molecule has 7 nitrogen and oxygen atoms in total. The normalized spacial score (nSPS) is 18.2.